The van der Waals surface area contributed by atoms with Crippen molar-refractivity contribution < 1.29 is 28.7 Å². The Hall–Kier alpha value is -3.56. The number of nitrogens with zero attached hydrogens (tertiary/aromatic N) is 2. The summed E-state index contributed by atoms with van der Waals surface area (Å²) in [4.78, 5) is 33.5. The molecule has 10 nitrogen and oxygen atoms in total. The van der Waals surface area contributed by atoms with E-state index in [0.717, 1.165) is 9.46 Å². The first kappa shape index (κ1) is 16.8. The van der Waals surface area contributed by atoms with Crippen molar-refractivity contribution in [3.63, 3.8) is 0 Å². The molecule has 2 rings (SSSR count). The van der Waals surface area contributed by atoms with Gasteiger partial charge in [0.25, 0.3) is 0 Å². The second-order valence-electron chi connectivity index (χ2n) is 4.78. The molecule has 0 radical (unpaired) electrons. The molecular formula is C14H18N6O4+2. The largest absolute Gasteiger partial charge is 0.392 e. The van der Waals surface area contributed by atoms with Crippen molar-refractivity contribution >= 4 is 34.9 Å². The zero-order valence-electron chi connectivity index (χ0n) is 12.7. The maximum atomic E-state index is 11.8. The Kier molecular flexibility index (Phi) is 5.00. The van der Waals surface area contributed by atoms with E-state index >= 15 is 0 Å². The van der Waals surface area contributed by atoms with Crippen LogP contribution in [0, 0.1) is 0 Å². The molecule has 0 atom stereocenters. The summed E-state index contributed by atoms with van der Waals surface area (Å²) >= 11 is 0. The van der Waals surface area contributed by atoms with Crippen LogP contribution in [0.2, 0.25) is 0 Å². The van der Waals surface area contributed by atoms with E-state index in [2.05, 4.69) is 0 Å². The van der Waals surface area contributed by atoms with Gasteiger partial charge < -0.3 is 11.5 Å². The van der Waals surface area contributed by atoms with E-state index in [-0.39, 0.29) is 35.9 Å². The normalized spacial score (nSPS) is 10.2. The summed E-state index contributed by atoms with van der Waals surface area (Å²) in [5, 5.41) is 0. The molecule has 0 unspecified atom stereocenters. The predicted molar refractivity (Wildman–Crippen MR) is 83.3 cm³/mol. The van der Waals surface area contributed by atoms with Crippen LogP contribution in [0.4, 0.5) is 23.0 Å². The lowest BCUT2D eigenvalue weighted by atomic mass is 10.3. The molecule has 8 N–H and O–H groups in total. The fourth-order valence-electron chi connectivity index (χ4n) is 1.71. The first-order valence-electron chi connectivity index (χ1n) is 6.92. The standard InChI is InChI=1S/C14H16N6O4/c15-9-3-1-7-19(13(9)17)23-11(21)5-6-12(22)24-20-8-2-4-10(16)14(20)18/h1-4,7-8,17-18H,5-6,15-16H2/p+2. The van der Waals surface area contributed by atoms with Crippen LogP contribution >= 0.6 is 0 Å². The lowest BCUT2D eigenvalue weighted by molar-refractivity contribution is -0.858. The number of carbonyl (C=O) groups is 2. The predicted octanol–water partition coefficient (Wildman–Crippen LogP) is -2.02. The summed E-state index contributed by atoms with van der Waals surface area (Å²) in [6, 6.07) is 6.24. The highest BCUT2D eigenvalue weighted by molar-refractivity contribution is 5.77. The molecule has 0 aromatic carbocycles. The lowest BCUT2D eigenvalue weighted by Gasteiger charge is -2.05. The fraction of sp³-hybridized carbons (Fsp3) is 0.143. The second kappa shape index (κ2) is 7.13. The summed E-state index contributed by atoms with van der Waals surface area (Å²) < 4.78 is 2.04. The molecule has 2 aromatic heterocycles. The van der Waals surface area contributed by atoms with Crippen molar-refractivity contribution in [1.29, 1.82) is 0 Å². The number of nitrogen functional groups attached to an aromatic ring is 4. The minimum absolute atomic E-state index is 0.0801. The third kappa shape index (κ3) is 4.00. The molecule has 0 saturated heterocycles. The summed E-state index contributed by atoms with van der Waals surface area (Å²) in [5.74, 6) is -1.20. The van der Waals surface area contributed by atoms with Gasteiger partial charge in [0, 0.05) is 0 Å². The molecule has 0 fully saturated rings. The van der Waals surface area contributed by atoms with E-state index in [4.69, 9.17) is 32.6 Å². The smallest absolute Gasteiger partial charge is 0.358 e. The number of anilines is 4. The zero-order valence-corrected chi connectivity index (χ0v) is 12.7. The van der Waals surface area contributed by atoms with Crippen LogP contribution in [0.5, 0.6) is 0 Å². The van der Waals surface area contributed by atoms with Crippen LogP contribution in [0.1, 0.15) is 12.8 Å². The first-order chi connectivity index (χ1) is 11.4. The number of pyridine rings is 2. The van der Waals surface area contributed by atoms with Gasteiger partial charge in [-0.25, -0.2) is 9.59 Å². The third-order valence-corrected chi connectivity index (χ3v) is 2.99. The minimum atomic E-state index is -0.681. The average Bonchev–Trinajstić information content (AvgIpc) is 2.54. The Balaban J connectivity index is 1.88. The molecule has 0 amide bonds. The molecule has 0 bridgehead atoms. The molecule has 24 heavy (non-hydrogen) atoms. The van der Waals surface area contributed by atoms with Crippen molar-refractivity contribution in [2.24, 2.45) is 0 Å². The fourth-order valence-corrected chi connectivity index (χ4v) is 1.71. The maximum Gasteiger partial charge on any atom is 0.358 e. The van der Waals surface area contributed by atoms with E-state index < -0.39 is 11.9 Å². The quantitative estimate of drug-likeness (QED) is 0.455. The van der Waals surface area contributed by atoms with E-state index in [9.17, 15) is 9.59 Å². The van der Waals surface area contributed by atoms with Gasteiger partial charge in [-0.1, -0.05) is 0 Å². The number of rotatable bonds is 5. The molecule has 10 heteroatoms. The van der Waals surface area contributed by atoms with E-state index in [1.54, 1.807) is 24.3 Å². The highest BCUT2D eigenvalue weighted by Crippen LogP contribution is 2.06. The van der Waals surface area contributed by atoms with Gasteiger partial charge in [-0.05, 0) is 33.7 Å². The second-order valence-corrected chi connectivity index (χ2v) is 4.78. The Morgan fingerprint density at radius 3 is 1.54 bits per heavy atom. The van der Waals surface area contributed by atoms with Gasteiger partial charge in [0.05, 0.1) is 12.8 Å². The van der Waals surface area contributed by atoms with Gasteiger partial charge in [0.15, 0.2) is 0 Å². The first-order valence-corrected chi connectivity index (χ1v) is 6.92. The molecule has 0 aliphatic rings. The number of carbonyl (C=O) groups excluding carboxylic acids is 2. The van der Waals surface area contributed by atoms with E-state index in [0.29, 0.717) is 0 Å². The van der Waals surface area contributed by atoms with Gasteiger partial charge in [0.1, 0.15) is 23.8 Å². The Labute approximate surface area is 137 Å². The average molecular weight is 334 g/mol. The topological polar surface area (TPSA) is 164 Å². The highest BCUT2D eigenvalue weighted by Gasteiger charge is 2.18. The number of nitrogens with two attached hydrogens (primary N) is 4. The monoisotopic (exact) mass is 334 g/mol. The van der Waals surface area contributed by atoms with Crippen LogP contribution in [0.3, 0.4) is 0 Å². The van der Waals surface area contributed by atoms with E-state index in [1.807, 2.05) is 0 Å². The maximum absolute atomic E-state index is 11.8. The Morgan fingerprint density at radius 2 is 1.17 bits per heavy atom. The summed E-state index contributed by atoms with van der Waals surface area (Å²) in [7, 11) is 0. The molecule has 0 aliphatic heterocycles. The van der Waals surface area contributed by atoms with Crippen LogP contribution in [-0.2, 0) is 9.59 Å². The zero-order chi connectivity index (χ0) is 17.7. The SMILES string of the molecule is Nc1ccc[n+](OC(=O)CCC(=O)O[n+]2cccc(N)c2N)c1N. The van der Waals surface area contributed by atoms with E-state index in [1.165, 1.54) is 12.4 Å². The third-order valence-electron chi connectivity index (χ3n) is 2.99. The van der Waals surface area contributed by atoms with Gasteiger partial charge in [-0.2, -0.15) is 0 Å². The van der Waals surface area contributed by atoms with Gasteiger partial charge in [0.2, 0.25) is 0 Å². The molecule has 2 heterocycles. The molecule has 0 spiro atoms. The summed E-state index contributed by atoms with van der Waals surface area (Å²) in [5.41, 5.74) is 23.0. The van der Waals surface area contributed by atoms with Crippen LogP contribution < -0.4 is 42.1 Å². The van der Waals surface area contributed by atoms with Crippen molar-refractivity contribution in [2.75, 3.05) is 22.9 Å². The molecule has 0 saturated carbocycles. The Morgan fingerprint density at radius 1 is 0.792 bits per heavy atom. The Bertz CT molecular complexity index is 714. The van der Waals surface area contributed by atoms with Crippen molar-refractivity contribution in [3.8, 4) is 0 Å². The summed E-state index contributed by atoms with van der Waals surface area (Å²) in [6.07, 6.45) is 2.40. The van der Waals surface area contributed by atoms with Crippen LogP contribution in [0.15, 0.2) is 36.7 Å². The van der Waals surface area contributed by atoms with Gasteiger partial charge in [-0.15, -0.1) is 0 Å². The summed E-state index contributed by atoms with van der Waals surface area (Å²) in [6.45, 7) is 0. The van der Waals surface area contributed by atoms with Crippen molar-refractivity contribution in [2.45, 2.75) is 12.8 Å². The molecule has 0 aliphatic carbocycles. The number of aromatic nitrogens is 2. The van der Waals surface area contributed by atoms with Crippen LogP contribution in [0.25, 0.3) is 0 Å². The highest BCUT2D eigenvalue weighted by atomic mass is 16.7. The lowest BCUT2D eigenvalue weighted by Crippen LogP contribution is -2.49. The molecule has 2 aromatic rings. The molecule has 126 valence electrons. The van der Waals surface area contributed by atoms with Crippen molar-refractivity contribution in [1.82, 2.24) is 0 Å². The molecular weight excluding hydrogens is 316 g/mol. The van der Waals surface area contributed by atoms with Gasteiger partial charge >= 0.3 is 23.6 Å². The number of hydrogen-bond donors (Lipinski definition) is 4. The minimum Gasteiger partial charge on any atom is -0.392 e. The van der Waals surface area contributed by atoms with Crippen molar-refractivity contribution in [3.05, 3.63) is 36.7 Å². The number of hydrogen-bond acceptors (Lipinski definition) is 8. The van der Waals surface area contributed by atoms with Crippen LogP contribution in [-0.4, -0.2) is 11.9 Å². The van der Waals surface area contributed by atoms with Gasteiger partial charge in [-0.3, -0.25) is 21.1 Å².